The Bertz CT molecular complexity index is 441. The molecule has 1 aliphatic heterocycles. The fourth-order valence-corrected chi connectivity index (χ4v) is 3.62. The molecule has 1 heterocycles. The third-order valence-electron chi connectivity index (χ3n) is 3.77. The molecule has 1 N–H and O–H groups in total. The monoisotopic (exact) mass is 260 g/mol. The SMILES string of the molecule is CC(C)[C@H]1CSC(NC2CC2c2ccccc2)=N1. The van der Waals surface area contributed by atoms with Crippen LogP contribution < -0.4 is 5.32 Å². The first-order valence-electron chi connectivity index (χ1n) is 6.76. The van der Waals surface area contributed by atoms with E-state index in [2.05, 4.69) is 49.5 Å². The number of nitrogens with zero attached hydrogens (tertiary/aromatic N) is 1. The number of aliphatic imine (C=N–C) groups is 1. The maximum absolute atomic E-state index is 4.76. The fourth-order valence-electron chi connectivity index (χ4n) is 2.39. The zero-order chi connectivity index (χ0) is 12.5. The van der Waals surface area contributed by atoms with Gasteiger partial charge < -0.3 is 5.32 Å². The summed E-state index contributed by atoms with van der Waals surface area (Å²) in [4.78, 5) is 4.76. The molecule has 96 valence electrons. The highest BCUT2D eigenvalue weighted by Crippen LogP contribution is 2.41. The van der Waals surface area contributed by atoms with E-state index in [1.165, 1.54) is 12.0 Å². The Hall–Kier alpha value is -0.960. The number of amidine groups is 1. The summed E-state index contributed by atoms with van der Waals surface area (Å²) in [5.41, 5.74) is 1.46. The van der Waals surface area contributed by atoms with E-state index >= 15 is 0 Å². The van der Waals surface area contributed by atoms with Crippen molar-refractivity contribution in [2.75, 3.05) is 5.75 Å². The Kier molecular flexibility index (Phi) is 3.33. The second-order valence-corrected chi connectivity index (χ2v) is 6.57. The van der Waals surface area contributed by atoms with Gasteiger partial charge in [0.2, 0.25) is 0 Å². The van der Waals surface area contributed by atoms with E-state index in [9.17, 15) is 0 Å². The van der Waals surface area contributed by atoms with Gasteiger partial charge in [0.25, 0.3) is 0 Å². The van der Waals surface area contributed by atoms with Gasteiger partial charge in [-0.3, -0.25) is 4.99 Å². The van der Waals surface area contributed by atoms with Crippen molar-refractivity contribution in [3.05, 3.63) is 35.9 Å². The summed E-state index contributed by atoms with van der Waals surface area (Å²) >= 11 is 1.88. The molecule has 0 spiro atoms. The molecule has 2 nitrogen and oxygen atoms in total. The van der Waals surface area contributed by atoms with Gasteiger partial charge in [-0.1, -0.05) is 55.9 Å². The number of hydrogen-bond acceptors (Lipinski definition) is 3. The quantitative estimate of drug-likeness (QED) is 0.902. The molecule has 1 aromatic carbocycles. The third-order valence-corrected chi connectivity index (χ3v) is 4.78. The Morgan fingerprint density at radius 2 is 2.06 bits per heavy atom. The van der Waals surface area contributed by atoms with Crippen LogP contribution in [0.25, 0.3) is 0 Å². The van der Waals surface area contributed by atoms with Crippen molar-refractivity contribution in [1.82, 2.24) is 5.32 Å². The van der Waals surface area contributed by atoms with Gasteiger partial charge in [0, 0.05) is 17.7 Å². The first-order chi connectivity index (χ1) is 8.74. The van der Waals surface area contributed by atoms with E-state index in [-0.39, 0.29) is 0 Å². The van der Waals surface area contributed by atoms with Gasteiger partial charge >= 0.3 is 0 Å². The van der Waals surface area contributed by atoms with Crippen molar-refractivity contribution in [1.29, 1.82) is 0 Å². The van der Waals surface area contributed by atoms with E-state index in [1.807, 2.05) is 11.8 Å². The van der Waals surface area contributed by atoms with Crippen LogP contribution in [0.15, 0.2) is 35.3 Å². The lowest BCUT2D eigenvalue weighted by molar-refractivity contribution is 0.542. The van der Waals surface area contributed by atoms with Crippen LogP contribution in [0.4, 0.5) is 0 Å². The maximum atomic E-state index is 4.76. The van der Waals surface area contributed by atoms with Crippen molar-refractivity contribution >= 4 is 16.9 Å². The number of hydrogen-bond donors (Lipinski definition) is 1. The smallest absolute Gasteiger partial charge is 0.157 e. The predicted octanol–water partition coefficient (Wildman–Crippen LogP) is 3.26. The fraction of sp³-hybridized carbons (Fsp3) is 0.533. The van der Waals surface area contributed by atoms with Crippen LogP contribution in [-0.4, -0.2) is 23.0 Å². The Morgan fingerprint density at radius 3 is 2.72 bits per heavy atom. The van der Waals surface area contributed by atoms with Crippen LogP contribution >= 0.6 is 11.8 Å². The van der Waals surface area contributed by atoms with Gasteiger partial charge in [-0.15, -0.1) is 0 Å². The van der Waals surface area contributed by atoms with Crippen molar-refractivity contribution < 1.29 is 0 Å². The van der Waals surface area contributed by atoms with Crippen LogP contribution in [0, 0.1) is 5.92 Å². The minimum absolute atomic E-state index is 0.506. The van der Waals surface area contributed by atoms with Crippen LogP contribution in [0.5, 0.6) is 0 Å². The highest BCUT2D eigenvalue weighted by Gasteiger charge is 2.39. The number of thioether (sulfide) groups is 1. The molecule has 0 radical (unpaired) electrons. The zero-order valence-electron chi connectivity index (χ0n) is 11.0. The van der Waals surface area contributed by atoms with Crippen molar-refractivity contribution in [2.24, 2.45) is 10.9 Å². The lowest BCUT2D eigenvalue weighted by Gasteiger charge is -2.08. The summed E-state index contributed by atoms with van der Waals surface area (Å²) in [6, 6.07) is 11.9. The zero-order valence-corrected chi connectivity index (χ0v) is 11.8. The van der Waals surface area contributed by atoms with Crippen LogP contribution in [0.1, 0.15) is 31.7 Å². The van der Waals surface area contributed by atoms with Gasteiger partial charge in [-0.05, 0) is 17.9 Å². The highest BCUT2D eigenvalue weighted by molar-refractivity contribution is 8.14. The van der Waals surface area contributed by atoms with Gasteiger partial charge in [-0.25, -0.2) is 0 Å². The van der Waals surface area contributed by atoms with Crippen molar-refractivity contribution in [3.63, 3.8) is 0 Å². The average molecular weight is 260 g/mol. The lowest BCUT2D eigenvalue weighted by atomic mass is 10.1. The molecule has 3 heteroatoms. The molecule has 2 aliphatic rings. The molecule has 18 heavy (non-hydrogen) atoms. The summed E-state index contributed by atoms with van der Waals surface area (Å²) in [6.45, 7) is 4.50. The molecule has 1 aromatic rings. The van der Waals surface area contributed by atoms with Gasteiger partial charge in [0.05, 0.1) is 6.04 Å². The first-order valence-corrected chi connectivity index (χ1v) is 7.74. The van der Waals surface area contributed by atoms with E-state index < -0.39 is 0 Å². The molecule has 0 saturated heterocycles. The van der Waals surface area contributed by atoms with Crippen LogP contribution in [-0.2, 0) is 0 Å². The molecule has 3 atom stereocenters. The molecule has 0 aromatic heterocycles. The highest BCUT2D eigenvalue weighted by atomic mass is 32.2. The third kappa shape index (κ3) is 2.56. The van der Waals surface area contributed by atoms with Gasteiger partial charge in [-0.2, -0.15) is 0 Å². The summed E-state index contributed by atoms with van der Waals surface area (Å²) in [6.07, 6.45) is 1.25. The van der Waals surface area contributed by atoms with Crippen LogP contribution in [0.2, 0.25) is 0 Å². The number of rotatable bonds is 3. The van der Waals surface area contributed by atoms with Crippen molar-refractivity contribution in [3.8, 4) is 0 Å². The Labute approximate surface area is 113 Å². The van der Waals surface area contributed by atoms with E-state index in [0.29, 0.717) is 23.9 Å². The van der Waals surface area contributed by atoms with E-state index in [1.54, 1.807) is 0 Å². The van der Waals surface area contributed by atoms with E-state index in [0.717, 1.165) is 10.9 Å². The predicted molar refractivity (Wildman–Crippen MR) is 79.2 cm³/mol. The normalized spacial score (nSPS) is 30.4. The molecule has 0 bridgehead atoms. The van der Waals surface area contributed by atoms with Crippen LogP contribution in [0.3, 0.4) is 0 Å². The summed E-state index contributed by atoms with van der Waals surface area (Å²) in [7, 11) is 0. The number of benzene rings is 1. The summed E-state index contributed by atoms with van der Waals surface area (Å²) in [5, 5.41) is 4.76. The van der Waals surface area contributed by atoms with Gasteiger partial charge in [0.1, 0.15) is 0 Å². The minimum Gasteiger partial charge on any atom is -0.362 e. The maximum Gasteiger partial charge on any atom is 0.157 e. The second kappa shape index (κ2) is 4.96. The Balaban J connectivity index is 1.56. The molecule has 3 rings (SSSR count). The average Bonchev–Trinajstić information content (AvgIpc) is 2.97. The molecule has 1 saturated carbocycles. The first kappa shape index (κ1) is 12.1. The molecule has 1 fully saturated rings. The number of nitrogens with one attached hydrogen (secondary N) is 1. The molecular formula is C15H20N2S. The summed E-state index contributed by atoms with van der Waals surface area (Å²) < 4.78 is 0. The minimum atomic E-state index is 0.506. The van der Waals surface area contributed by atoms with Gasteiger partial charge in [0.15, 0.2) is 5.17 Å². The second-order valence-electron chi connectivity index (χ2n) is 5.56. The molecule has 0 amide bonds. The standard InChI is InChI=1S/C15H20N2S/c1-10(2)14-9-18-15(17-14)16-13-8-12(13)11-6-4-3-5-7-11/h3-7,10,12-14H,8-9H2,1-2H3,(H,16,17)/t12?,13?,14-/m1/s1. The lowest BCUT2D eigenvalue weighted by Crippen LogP contribution is -2.22. The molecule has 2 unspecified atom stereocenters. The van der Waals surface area contributed by atoms with Crippen molar-refractivity contribution in [2.45, 2.75) is 38.3 Å². The topological polar surface area (TPSA) is 24.4 Å². The van der Waals surface area contributed by atoms with E-state index in [4.69, 9.17) is 4.99 Å². The summed E-state index contributed by atoms with van der Waals surface area (Å²) in [5.74, 6) is 2.48. The largest absolute Gasteiger partial charge is 0.362 e. The molecular weight excluding hydrogens is 240 g/mol. The Morgan fingerprint density at radius 1 is 1.28 bits per heavy atom. The molecule has 1 aliphatic carbocycles.